The molecule has 0 aromatic heterocycles. The highest BCUT2D eigenvalue weighted by molar-refractivity contribution is 6.32. The topological polar surface area (TPSA) is 86.5 Å². The summed E-state index contributed by atoms with van der Waals surface area (Å²) in [7, 11) is 0. The van der Waals surface area contributed by atoms with Crippen LogP contribution in [0, 0.1) is 10.1 Å². The Morgan fingerprint density at radius 3 is 2.39 bits per heavy atom. The van der Waals surface area contributed by atoms with Crippen molar-refractivity contribution in [1.29, 1.82) is 0 Å². The number of hydrogen-bond donors (Lipinski definition) is 0. The lowest BCUT2D eigenvalue weighted by Gasteiger charge is -2.12. The molecule has 0 N–H and O–H groups in total. The van der Waals surface area contributed by atoms with Crippen molar-refractivity contribution < 1.29 is 19.2 Å². The quantitative estimate of drug-likeness (QED) is 0.360. The van der Waals surface area contributed by atoms with Gasteiger partial charge in [-0.25, -0.2) is 4.79 Å². The number of halogens is 1. The van der Waals surface area contributed by atoms with E-state index in [0.29, 0.717) is 5.56 Å². The van der Waals surface area contributed by atoms with Gasteiger partial charge in [0.05, 0.1) is 10.5 Å². The summed E-state index contributed by atoms with van der Waals surface area (Å²) in [4.78, 5) is 34.3. The molecule has 0 amide bonds. The van der Waals surface area contributed by atoms with Crippen molar-refractivity contribution in [2.45, 2.75) is 13.0 Å². The zero-order chi connectivity index (χ0) is 17.0. The number of carbonyl (C=O) groups excluding carboxylic acids is 2. The van der Waals surface area contributed by atoms with Crippen molar-refractivity contribution in [3.05, 3.63) is 74.8 Å². The van der Waals surface area contributed by atoms with E-state index in [1.54, 1.807) is 30.3 Å². The van der Waals surface area contributed by atoms with Crippen molar-refractivity contribution >= 4 is 29.0 Å². The predicted octanol–water partition coefficient (Wildman–Crippen LogP) is 3.68. The molecule has 2 aromatic rings. The van der Waals surface area contributed by atoms with Gasteiger partial charge in [0.2, 0.25) is 5.78 Å². The predicted molar refractivity (Wildman–Crippen MR) is 83.8 cm³/mol. The first-order valence-electron chi connectivity index (χ1n) is 6.64. The van der Waals surface area contributed by atoms with E-state index < -0.39 is 22.7 Å². The fraction of sp³-hybridized carbons (Fsp3) is 0.125. The van der Waals surface area contributed by atoms with Crippen LogP contribution in [0.2, 0.25) is 5.02 Å². The van der Waals surface area contributed by atoms with Gasteiger partial charge in [0, 0.05) is 11.6 Å². The van der Waals surface area contributed by atoms with Gasteiger partial charge in [-0.15, -0.1) is 0 Å². The summed E-state index contributed by atoms with van der Waals surface area (Å²) in [6.45, 7) is 1.44. The van der Waals surface area contributed by atoms with E-state index >= 15 is 0 Å². The molecule has 0 aliphatic heterocycles. The van der Waals surface area contributed by atoms with Crippen molar-refractivity contribution in [3.63, 3.8) is 0 Å². The summed E-state index contributed by atoms with van der Waals surface area (Å²) >= 11 is 5.68. The molecular formula is C16H12ClNO5. The summed E-state index contributed by atoms with van der Waals surface area (Å²) in [6, 6.07) is 11.9. The number of Topliss-reactive ketones (excluding diaryl/α,β-unsaturated/α-hetero) is 1. The van der Waals surface area contributed by atoms with Gasteiger partial charge >= 0.3 is 5.97 Å². The Balaban J connectivity index is 2.14. The number of carbonyl (C=O) groups is 2. The third kappa shape index (κ3) is 3.92. The fourth-order valence-corrected chi connectivity index (χ4v) is 2.09. The van der Waals surface area contributed by atoms with Crippen LogP contribution in [0.3, 0.4) is 0 Å². The highest BCUT2D eigenvalue weighted by Gasteiger charge is 2.22. The zero-order valence-electron chi connectivity index (χ0n) is 12.1. The minimum absolute atomic E-state index is 0.0474. The first kappa shape index (κ1) is 16.6. The van der Waals surface area contributed by atoms with Crippen LogP contribution < -0.4 is 0 Å². The van der Waals surface area contributed by atoms with E-state index in [9.17, 15) is 19.7 Å². The van der Waals surface area contributed by atoms with Gasteiger partial charge in [0.25, 0.3) is 5.69 Å². The normalized spacial score (nSPS) is 11.6. The molecular weight excluding hydrogens is 322 g/mol. The SMILES string of the molecule is CC(OC(=O)c1ccc(Cl)c([N+](=O)[O-])c1)C(=O)c1ccccc1. The summed E-state index contributed by atoms with van der Waals surface area (Å²) < 4.78 is 5.07. The van der Waals surface area contributed by atoms with E-state index in [4.69, 9.17) is 16.3 Å². The Morgan fingerprint density at radius 2 is 1.78 bits per heavy atom. The Bertz CT molecular complexity index is 760. The van der Waals surface area contributed by atoms with Crippen LogP contribution in [0.5, 0.6) is 0 Å². The van der Waals surface area contributed by atoms with Gasteiger partial charge < -0.3 is 4.74 Å². The Kier molecular flexibility index (Phi) is 5.08. The number of benzene rings is 2. The monoisotopic (exact) mass is 333 g/mol. The van der Waals surface area contributed by atoms with Crippen LogP contribution in [-0.2, 0) is 4.74 Å². The van der Waals surface area contributed by atoms with Crippen molar-refractivity contribution in [1.82, 2.24) is 0 Å². The minimum atomic E-state index is -1.01. The van der Waals surface area contributed by atoms with Crippen LogP contribution in [0.15, 0.2) is 48.5 Å². The number of hydrogen-bond acceptors (Lipinski definition) is 5. The van der Waals surface area contributed by atoms with Gasteiger partial charge in [0.15, 0.2) is 6.10 Å². The maximum absolute atomic E-state index is 12.1. The summed E-state index contributed by atoms with van der Waals surface area (Å²) in [5, 5.41) is 10.7. The lowest BCUT2D eigenvalue weighted by atomic mass is 10.1. The molecule has 2 aromatic carbocycles. The summed E-state index contributed by atoms with van der Waals surface area (Å²) in [5.41, 5.74) is -0.0353. The van der Waals surface area contributed by atoms with E-state index in [0.717, 1.165) is 6.07 Å². The minimum Gasteiger partial charge on any atom is -0.451 e. The number of nitrogens with zero attached hydrogens (tertiary/aromatic N) is 1. The smallest absolute Gasteiger partial charge is 0.339 e. The number of ether oxygens (including phenoxy) is 1. The molecule has 0 saturated heterocycles. The number of ketones is 1. The highest BCUT2D eigenvalue weighted by atomic mass is 35.5. The average Bonchev–Trinajstić information content (AvgIpc) is 2.54. The second kappa shape index (κ2) is 7.02. The van der Waals surface area contributed by atoms with Crippen molar-refractivity contribution in [3.8, 4) is 0 Å². The summed E-state index contributed by atoms with van der Waals surface area (Å²) in [5.74, 6) is -1.19. The van der Waals surface area contributed by atoms with Crippen LogP contribution in [0.4, 0.5) is 5.69 Å². The van der Waals surface area contributed by atoms with Gasteiger partial charge in [-0.2, -0.15) is 0 Å². The molecule has 23 heavy (non-hydrogen) atoms. The molecule has 7 heteroatoms. The number of esters is 1. The fourth-order valence-electron chi connectivity index (χ4n) is 1.90. The molecule has 0 aliphatic rings. The molecule has 0 spiro atoms. The van der Waals surface area contributed by atoms with E-state index in [2.05, 4.69) is 0 Å². The Labute approximate surface area is 136 Å². The molecule has 0 saturated carbocycles. The standard InChI is InChI=1S/C16H12ClNO5/c1-10(15(19)11-5-3-2-4-6-11)23-16(20)12-7-8-13(17)14(9-12)18(21)22/h2-10H,1H3. The van der Waals surface area contributed by atoms with Crippen LogP contribution in [-0.4, -0.2) is 22.8 Å². The van der Waals surface area contributed by atoms with E-state index in [1.165, 1.54) is 19.1 Å². The molecule has 0 aliphatic carbocycles. The molecule has 2 rings (SSSR count). The van der Waals surface area contributed by atoms with Crippen LogP contribution >= 0.6 is 11.6 Å². The number of rotatable bonds is 5. The molecule has 0 radical (unpaired) electrons. The molecule has 6 nitrogen and oxygen atoms in total. The second-order valence-electron chi connectivity index (χ2n) is 4.70. The van der Waals surface area contributed by atoms with Gasteiger partial charge in [0.1, 0.15) is 5.02 Å². The van der Waals surface area contributed by atoms with Crippen molar-refractivity contribution in [2.24, 2.45) is 0 Å². The zero-order valence-corrected chi connectivity index (χ0v) is 12.8. The lowest BCUT2D eigenvalue weighted by Crippen LogP contribution is -2.24. The van der Waals surface area contributed by atoms with Gasteiger partial charge in [-0.05, 0) is 19.1 Å². The molecule has 118 valence electrons. The highest BCUT2D eigenvalue weighted by Crippen LogP contribution is 2.25. The van der Waals surface area contributed by atoms with E-state index in [1.807, 2.05) is 0 Å². The Morgan fingerprint density at radius 1 is 1.13 bits per heavy atom. The molecule has 1 atom stereocenters. The van der Waals surface area contributed by atoms with Gasteiger partial charge in [-0.1, -0.05) is 41.9 Å². The molecule has 0 heterocycles. The molecule has 0 fully saturated rings. The first-order valence-corrected chi connectivity index (χ1v) is 7.02. The summed E-state index contributed by atoms with van der Waals surface area (Å²) in [6.07, 6.45) is -1.01. The maximum atomic E-state index is 12.1. The first-order chi connectivity index (χ1) is 10.9. The largest absolute Gasteiger partial charge is 0.451 e. The van der Waals surface area contributed by atoms with Crippen LogP contribution in [0.25, 0.3) is 0 Å². The Hall–Kier alpha value is -2.73. The molecule has 1 unspecified atom stereocenters. The number of nitro benzene ring substituents is 1. The maximum Gasteiger partial charge on any atom is 0.339 e. The van der Waals surface area contributed by atoms with Crippen molar-refractivity contribution in [2.75, 3.05) is 0 Å². The molecule has 0 bridgehead atoms. The second-order valence-corrected chi connectivity index (χ2v) is 5.11. The van der Waals surface area contributed by atoms with Gasteiger partial charge in [-0.3, -0.25) is 14.9 Å². The third-order valence-corrected chi connectivity index (χ3v) is 3.41. The average molecular weight is 334 g/mol. The van der Waals surface area contributed by atoms with Crippen LogP contribution in [0.1, 0.15) is 27.6 Å². The van der Waals surface area contributed by atoms with E-state index in [-0.39, 0.29) is 16.4 Å². The third-order valence-electron chi connectivity index (χ3n) is 3.09. The number of nitro groups is 1. The lowest BCUT2D eigenvalue weighted by molar-refractivity contribution is -0.384.